The average molecular weight is 400 g/mol. The van der Waals surface area contributed by atoms with E-state index in [1.54, 1.807) is 25.5 Å². The molecule has 1 saturated carbocycles. The van der Waals surface area contributed by atoms with Crippen LogP contribution in [-0.2, 0) is 11.8 Å². The highest BCUT2D eigenvalue weighted by molar-refractivity contribution is 6.43. The molecule has 0 radical (unpaired) electrons. The maximum absolute atomic E-state index is 13.3. The quantitative estimate of drug-likeness (QED) is 0.458. The SMILES string of the molecule is Cc1c(C(=O)Nc2ccnc(F)c2)c(C)n(C)c1C(=O)C(=O)NC1CCCCC1. The van der Waals surface area contributed by atoms with Gasteiger partial charge in [-0.3, -0.25) is 14.4 Å². The predicted molar refractivity (Wildman–Crippen MR) is 106 cm³/mol. The third-order valence-electron chi connectivity index (χ3n) is 5.50. The highest BCUT2D eigenvalue weighted by atomic mass is 19.1. The zero-order chi connectivity index (χ0) is 21.1. The number of anilines is 1. The summed E-state index contributed by atoms with van der Waals surface area (Å²) in [5, 5.41) is 5.44. The van der Waals surface area contributed by atoms with Gasteiger partial charge >= 0.3 is 0 Å². The van der Waals surface area contributed by atoms with Gasteiger partial charge < -0.3 is 15.2 Å². The summed E-state index contributed by atoms with van der Waals surface area (Å²) in [7, 11) is 1.65. The van der Waals surface area contributed by atoms with Crippen molar-refractivity contribution in [3.05, 3.63) is 46.8 Å². The lowest BCUT2D eigenvalue weighted by Gasteiger charge is -2.22. The van der Waals surface area contributed by atoms with Gasteiger partial charge in [-0.1, -0.05) is 19.3 Å². The van der Waals surface area contributed by atoms with Gasteiger partial charge in [0.05, 0.1) is 11.3 Å². The number of hydrogen-bond acceptors (Lipinski definition) is 4. The zero-order valence-electron chi connectivity index (χ0n) is 16.8. The Hall–Kier alpha value is -3.03. The summed E-state index contributed by atoms with van der Waals surface area (Å²) < 4.78 is 14.8. The molecule has 0 atom stereocenters. The molecular formula is C21H25FN4O3. The summed E-state index contributed by atoms with van der Waals surface area (Å²) in [5.41, 5.74) is 1.69. The van der Waals surface area contributed by atoms with E-state index in [0.717, 1.165) is 38.2 Å². The van der Waals surface area contributed by atoms with Crippen molar-refractivity contribution in [1.82, 2.24) is 14.9 Å². The molecule has 1 fully saturated rings. The molecule has 0 unspecified atom stereocenters. The molecule has 2 amide bonds. The first kappa shape index (κ1) is 20.7. The van der Waals surface area contributed by atoms with E-state index in [1.165, 1.54) is 12.3 Å². The largest absolute Gasteiger partial charge is 0.346 e. The lowest BCUT2D eigenvalue weighted by atomic mass is 9.95. The average Bonchev–Trinajstić information content (AvgIpc) is 2.90. The van der Waals surface area contributed by atoms with Crippen LogP contribution < -0.4 is 10.6 Å². The fourth-order valence-corrected chi connectivity index (χ4v) is 3.91. The van der Waals surface area contributed by atoms with Crippen molar-refractivity contribution in [2.75, 3.05) is 5.32 Å². The minimum Gasteiger partial charge on any atom is -0.346 e. The van der Waals surface area contributed by atoms with Gasteiger partial charge in [-0.05, 0) is 38.3 Å². The number of aromatic nitrogens is 2. The van der Waals surface area contributed by atoms with Gasteiger partial charge in [-0.15, -0.1) is 0 Å². The number of hydrogen-bond donors (Lipinski definition) is 2. The third kappa shape index (κ3) is 4.36. The van der Waals surface area contributed by atoms with Crippen molar-refractivity contribution < 1.29 is 18.8 Å². The van der Waals surface area contributed by atoms with Crippen LogP contribution >= 0.6 is 0 Å². The van der Waals surface area contributed by atoms with Gasteiger partial charge in [0, 0.05) is 36.7 Å². The summed E-state index contributed by atoms with van der Waals surface area (Å²) in [6.45, 7) is 3.33. The molecule has 0 saturated heterocycles. The highest BCUT2D eigenvalue weighted by Crippen LogP contribution is 2.24. The fraction of sp³-hybridized carbons (Fsp3) is 0.429. The molecule has 0 spiro atoms. The first-order valence-electron chi connectivity index (χ1n) is 9.73. The predicted octanol–water partition coefficient (Wildman–Crippen LogP) is 3.06. The number of rotatable bonds is 5. The maximum atomic E-state index is 13.3. The zero-order valence-corrected chi connectivity index (χ0v) is 16.8. The lowest BCUT2D eigenvalue weighted by molar-refractivity contribution is -0.117. The van der Waals surface area contributed by atoms with Crippen LogP contribution in [0.15, 0.2) is 18.3 Å². The van der Waals surface area contributed by atoms with E-state index in [4.69, 9.17) is 0 Å². The second kappa shape index (κ2) is 8.55. The van der Waals surface area contributed by atoms with Crippen molar-refractivity contribution in [2.45, 2.75) is 52.0 Å². The molecule has 2 N–H and O–H groups in total. The van der Waals surface area contributed by atoms with Crippen molar-refractivity contribution in [3.63, 3.8) is 0 Å². The van der Waals surface area contributed by atoms with Crippen LogP contribution in [0.4, 0.5) is 10.1 Å². The number of amides is 2. The van der Waals surface area contributed by atoms with Crippen molar-refractivity contribution in [3.8, 4) is 0 Å². The van der Waals surface area contributed by atoms with Crippen LogP contribution in [0.1, 0.15) is 64.2 Å². The van der Waals surface area contributed by atoms with Gasteiger partial charge in [0.25, 0.3) is 17.6 Å². The van der Waals surface area contributed by atoms with Gasteiger partial charge in [0.15, 0.2) is 0 Å². The molecule has 29 heavy (non-hydrogen) atoms. The van der Waals surface area contributed by atoms with Crippen LogP contribution in [0.3, 0.4) is 0 Å². The molecule has 2 heterocycles. The summed E-state index contributed by atoms with van der Waals surface area (Å²) in [6.07, 6.45) is 6.24. The second-order valence-electron chi connectivity index (χ2n) is 7.45. The van der Waals surface area contributed by atoms with Crippen LogP contribution in [0.2, 0.25) is 0 Å². The molecule has 1 aliphatic rings. The van der Waals surface area contributed by atoms with Gasteiger partial charge in [0.2, 0.25) is 5.95 Å². The standard InChI is InChI=1S/C21H25FN4O3/c1-12-17(20(28)25-15-9-10-23-16(22)11-15)13(2)26(3)18(12)19(27)21(29)24-14-7-5-4-6-8-14/h9-11,14H,4-8H2,1-3H3,(H,24,29)(H,23,25,28). The molecule has 8 heteroatoms. The van der Waals surface area contributed by atoms with E-state index in [9.17, 15) is 18.8 Å². The Morgan fingerprint density at radius 1 is 1.17 bits per heavy atom. The van der Waals surface area contributed by atoms with E-state index in [1.807, 2.05) is 0 Å². The summed E-state index contributed by atoms with van der Waals surface area (Å²) in [5.74, 6) is -2.50. The Bertz CT molecular complexity index is 961. The van der Waals surface area contributed by atoms with Gasteiger partial charge in [0.1, 0.15) is 0 Å². The van der Waals surface area contributed by atoms with E-state index in [0.29, 0.717) is 16.8 Å². The number of pyridine rings is 1. The molecule has 0 bridgehead atoms. The van der Waals surface area contributed by atoms with Gasteiger partial charge in [-0.25, -0.2) is 4.98 Å². The van der Waals surface area contributed by atoms with Crippen LogP contribution in [0, 0.1) is 19.8 Å². The molecule has 0 aromatic carbocycles. The molecule has 7 nitrogen and oxygen atoms in total. The smallest absolute Gasteiger partial charge is 0.294 e. The summed E-state index contributed by atoms with van der Waals surface area (Å²) in [6, 6.07) is 2.60. The number of carbonyl (C=O) groups excluding carboxylic acids is 3. The Morgan fingerprint density at radius 2 is 1.86 bits per heavy atom. The maximum Gasteiger partial charge on any atom is 0.294 e. The third-order valence-corrected chi connectivity index (χ3v) is 5.50. The molecule has 3 rings (SSSR count). The minimum absolute atomic E-state index is 0.0197. The Balaban J connectivity index is 1.82. The van der Waals surface area contributed by atoms with Crippen LogP contribution in [0.25, 0.3) is 0 Å². The first-order chi connectivity index (χ1) is 13.8. The van der Waals surface area contributed by atoms with Crippen LogP contribution in [-0.4, -0.2) is 33.2 Å². The molecule has 2 aromatic rings. The molecule has 0 aliphatic heterocycles. The topological polar surface area (TPSA) is 93.1 Å². The minimum atomic E-state index is -0.709. The first-order valence-corrected chi connectivity index (χ1v) is 9.73. The monoisotopic (exact) mass is 400 g/mol. The summed E-state index contributed by atoms with van der Waals surface area (Å²) in [4.78, 5) is 41.6. The molecule has 154 valence electrons. The number of nitrogens with one attached hydrogen (secondary N) is 2. The Morgan fingerprint density at radius 3 is 2.52 bits per heavy atom. The number of ketones is 1. The van der Waals surface area contributed by atoms with E-state index < -0.39 is 23.5 Å². The lowest BCUT2D eigenvalue weighted by Crippen LogP contribution is -2.41. The van der Waals surface area contributed by atoms with Crippen molar-refractivity contribution in [2.24, 2.45) is 7.05 Å². The number of nitrogens with zero attached hydrogens (tertiary/aromatic N) is 2. The fourth-order valence-electron chi connectivity index (χ4n) is 3.91. The number of halogens is 1. The molecule has 2 aromatic heterocycles. The molecule has 1 aliphatic carbocycles. The van der Waals surface area contributed by atoms with E-state index in [2.05, 4.69) is 15.6 Å². The number of carbonyl (C=O) groups is 3. The molecular weight excluding hydrogens is 375 g/mol. The van der Waals surface area contributed by atoms with E-state index in [-0.39, 0.29) is 17.4 Å². The van der Waals surface area contributed by atoms with E-state index >= 15 is 0 Å². The second-order valence-corrected chi connectivity index (χ2v) is 7.45. The van der Waals surface area contributed by atoms with Crippen molar-refractivity contribution >= 4 is 23.3 Å². The highest BCUT2D eigenvalue weighted by Gasteiger charge is 2.29. The Labute approximate surface area is 168 Å². The van der Waals surface area contributed by atoms with Crippen LogP contribution in [0.5, 0.6) is 0 Å². The number of Topliss-reactive ketones (excluding diaryl/α,β-unsaturated/α-hetero) is 1. The normalized spacial score (nSPS) is 14.5. The van der Waals surface area contributed by atoms with Gasteiger partial charge in [-0.2, -0.15) is 4.39 Å². The summed E-state index contributed by atoms with van der Waals surface area (Å²) >= 11 is 0. The van der Waals surface area contributed by atoms with Crippen molar-refractivity contribution in [1.29, 1.82) is 0 Å². The Kier molecular flexibility index (Phi) is 6.10.